The second kappa shape index (κ2) is 7.25. The van der Waals surface area contributed by atoms with E-state index in [4.69, 9.17) is 9.47 Å². The van der Waals surface area contributed by atoms with E-state index in [1.807, 2.05) is 55.5 Å². The fraction of sp³-hybridized carbons (Fsp3) is 0.316. The van der Waals surface area contributed by atoms with Crippen LogP contribution in [-0.2, 0) is 0 Å². The lowest BCUT2D eigenvalue weighted by atomic mass is 10.1. The second-order valence-corrected chi connectivity index (χ2v) is 5.61. The molecule has 0 aromatic heterocycles. The van der Waals surface area contributed by atoms with Gasteiger partial charge in [-0.1, -0.05) is 19.1 Å². The largest absolute Gasteiger partial charge is 0.494 e. The van der Waals surface area contributed by atoms with Crippen LogP contribution in [0.4, 0.5) is 16.2 Å². The van der Waals surface area contributed by atoms with E-state index in [0.29, 0.717) is 13.2 Å². The highest BCUT2D eigenvalue weighted by atomic mass is 16.5. The molecule has 3 rings (SSSR count). The third-order valence-corrected chi connectivity index (χ3v) is 3.95. The number of nitrogens with zero attached hydrogens (tertiary/aromatic N) is 1. The van der Waals surface area contributed by atoms with Gasteiger partial charge in [0.2, 0.25) is 0 Å². The summed E-state index contributed by atoms with van der Waals surface area (Å²) in [4.78, 5) is 14.5. The van der Waals surface area contributed by atoms with Gasteiger partial charge in [0.15, 0.2) is 0 Å². The molecule has 5 nitrogen and oxygen atoms in total. The Morgan fingerprint density at radius 2 is 1.96 bits per heavy atom. The maximum atomic E-state index is 12.7. The zero-order valence-electron chi connectivity index (χ0n) is 14.0. The monoisotopic (exact) mass is 326 g/mol. The number of carbonyl (C=O) groups excluding carboxylic acids is 1. The molecule has 0 radical (unpaired) electrons. The number of benzene rings is 2. The molecule has 2 aromatic carbocycles. The number of anilines is 2. The summed E-state index contributed by atoms with van der Waals surface area (Å²) in [6.07, 6.45) is 0.854. The van der Waals surface area contributed by atoms with E-state index in [1.165, 1.54) is 0 Å². The molecule has 1 atom stereocenters. The fourth-order valence-electron chi connectivity index (χ4n) is 2.70. The Kier molecular flexibility index (Phi) is 4.89. The molecule has 0 fully saturated rings. The highest BCUT2D eigenvalue weighted by molar-refractivity contribution is 6.03. The molecule has 0 aliphatic carbocycles. The van der Waals surface area contributed by atoms with E-state index in [0.717, 1.165) is 29.3 Å². The first-order valence-corrected chi connectivity index (χ1v) is 8.28. The lowest BCUT2D eigenvalue weighted by Gasteiger charge is -2.34. The first-order valence-electron chi connectivity index (χ1n) is 8.28. The van der Waals surface area contributed by atoms with Crippen LogP contribution in [0.25, 0.3) is 0 Å². The van der Waals surface area contributed by atoms with Crippen LogP contribution in [-0.4, -0.2) is 25.3 Å². The van der Waals surface area contributed by atoms with Crippen molar-refractivity contribution < 1.29 is 14.3 Å². The van der Waals surface area contributed by atoms with Crippen molar-refractivity contribution in [3.05, 3.63) is 48.5 Å². The van der Waals surface area contributed by atoms with E-state index in [-0.39, 0.29) is 12.1 Å². The van der Waals surface area contributed by atoms with Crippen molar-refractivity contribution >= 4 is 17.4 Å². The number of hydrogen-bond donors (Lipinski definition) is 1. The van der Waals surface area contributed by atoms with Crippen molar-refractivity contribution in [2.75, 3.05) is 23.4 Å². The number of ether oxygens (including phenoxy) is 2. The van der Waals surface area contributed by atoms with Gasteiger partial charge in [-0.05, 0) is 49.7 Å². The van der Waals surface area contributed by atoms with Crippen molar-refractivity contribution in [2.45, 2.75) is 26.4 Å². The van der Waals surface area contributed by atoms with Gasteiger partial charge in [0.1, 0.15) is 17.6 Å². The maximum absolute atomic E-state index is 12.7. The molecule has 5 heteroatoms. The predicted octanol–water partition coefficient (Wildman–Crippen LogP) is 4.29. The summed E-state index contributed by atoms with van der Waals surface area (Å²) in [6, 6.07) is 14.8. The molecule has 0 saturated carbocycles. The molecule has 0 bridgehead atoms. The molecule has 1 N–H and O–H groups in total. The van der Waals surface area contributed by atoms with Crippen molar-refractivity contribution in [2.24, 2.45) is 0 Å². The minimum Gasteiger partial charge on any atom is -0.494 e. The number of carbonyl (C=O) groups is 1. The van der Waals surface area contributed by atoms with Crippen molar-refractivity contribution in [1.82, 2.24) is 0 Å². The van der Waals surface area contributed by atoms with Gasteiger partial charge < -0.3 is 14.8 Å². The Morgan fingerprint density at radius 3 is 2.67 bits per heavy atom. The number of fused-ring (bicyclic) bond motifs is 1. The van der Waals surface area contributed by atoms with E-state index in [9.17, 15) is 4.79 Å². The highest BCUT2D eigenvalue weighted by Crippen LogP contribution is 2.34. The molecule has 1 aliphatic rings. The third kappa shape index (κ3) is 3.45. The third-order valence-electron chi connectivity index (χ3n) is 3.95. The second-order valence-electron chi connectivity index (χ2n) is 5.61. The molecular weight excluding hydrogens is 304 g/mol. The van der Waals surface area contributed by atoms with E-state index in [1.54, 1.807) is 4.90 Å². The Hall–Kier alpha value is -2.69. The average molecular weight is 326 g/mol. The summed E-state index contributed by atoms with van der Waals surface area (Å²) < 4.78 is 11.3. The minimum atomic E-state index is -0.159. The van der Waals surface area contributed by atoms with Crippen molar-refractivity contribution in [3.8, 4) is 11.5 Å². The molecular formula is C19H22N2O3. The van der Waals surface area contributed by atoms with E-state index >= 15 is 0 Å². The zero-order chi connectivity index (χ0) is 16.9. The van der Waals surface area contributed by atoms with Gasteiger partial charge in [-0.25, -0.2) is 4.79 Å². The number of para-hydroxylation sites is 2. The Morgan fingerprint density at radius 1 is 1.21 bits per heavy atom. The highest BCUT2D eigenvalue weighted by Gasteiger charge is 2.28. The Balaban J connectivity index is 1.76. The standard InChI is InChI=1S/C19H22N2O3/c1-3-15-13-21(17-7-5-6-8-18(17)24-15)19(22)20-14-9-11-16(12-10-14)23-4-2/h5-12,15H,3-4,13H2,1-2H3,(H,20,22)/t15-/m0/s1. The molecule has 2 aromatic rings. The molecule has 126 valence electrons. The maximum Gasteiger partial charge on any atom is 0.326 e. The molecule has 0 unspecified atom stereocenters. The summed E-state index contributed by atoms with van der Waals surface area (Å²) >= 11 is 0. The number of nitrogens with one attached hydrogen (secondary N) is 1. The SMILES string of the molecule is CCOc1ccc(NC(=O)N2C[C@H](CC)Oc3ccccc32)cc1. The van der Waals surface area contributed by atoms with Gasteiger partial charge in [-0.15, -0.1) is 0 Å². The average Bonchev–Trinajstić information content (AvgIpc) is 2.62. The number of amides is 2. The van der Waals surface area contributed by atoms with Crippen LogP contribution in [0, 0.1) is 0 Å². The van der Waals surface area contributed by atoms with Crippen LogP contribution in [0.5, 0.6) is 11.5 Å². The molecule has 1 aliphatic heterocycles. The number of urea groups is 1. The topological polar surface area (TPSA) is 50.8 Å². The summed E-state index contributed by atoms with van der Waals surface area (Å²) in [7, 11) is 0. The smallest absolute Gasteiger partial charge is 0.326 e. The Labute approximate surface area is 142 Å². The van der Waals surface area contributed by atoms with Crippen LogP contribution in [0.1, 0.15) is 20.3 Å². The summed E-state index contributed by atoms with van der Waals surface area (Å²) in [5, 5.41) is 2.94. The molecule has 0 spiro atoms. The van der Waals surface area contributed by atoms with Crippen molar-refractivity contribution in [1.29, 1.82) is 0 Å². The van der Waals surface area contributed by atoms with Crippen LogP contribution in [0.2, 0.25) is 0 Å². The summed E-state index contributed by atoms with van der Waals surface area (Å²) in [6.45, 7) is 5.15. The molecule has 24 heavy (non-hydrogen) atoms. The van der Waals surface area contributed by atoms with Gasteiger partial charge in [0.05, 0.1) is 18.8 Å². The van der Waals surface area contributed by atoms with Gasteiger partial charge in [-0.2, -0.15) is 0 Å². The molecule has 1 heterocycles. The van der Waals surface area contributed by atoms with E-state index < -0.39 is 0 Å². The van der Waals surface area contributed by atoms with Crippen molar-refractivity contribution in [3.63, 3.8) is 0 Å². The first kappa shape index (κ1) is 16.2. The Bertz CT molecular complexity index is 700. The van der Waals surface area contributed by atoms with Crippen LogP contribution in [0.3, 0.4) is 0 Å². The van der Waals surface area contributed by atoms with Gasteiger partial charge in [0.25, 0.3) is 0 Å². The number of rotatable bonds is 4. The van der Waals surface area contributed by atoms with E-state index in [2.05, 4.69) is 12.2 Å². The lowest BCUT2D eigenvalue weighted by Crippen LogP contribution is -2.45. The zero-order valence-corrected chi connectivity index (χ0v) is 14.0. The predicted molar refractivity (Wildman–Crippen MR) is 95.1 cm³/mol. The lowest BCUT2D eigenvalue weighted by molar-refractivity contribution is 0.188. The normalized spacial score (nSPS) is 16.1. The molecule has 0 saturated heterocycles. The minimum absolute atomic E-state index is 0.00554. The molecule has 2 amide bonds. The van der Waals surface area contributed by atoms with Gasteiger partial charge in [0, 0.05) is 5.69 Å². The fourth-order valence-corrected chi connectivity index (χ4v) is 2.70. The van der Waals surface area contributed by atoms with Gasteiger partial charge >= 0.3 is 6.03 Å². The van der Waals surface area contributed by atoms with Crippen LogP contribution >= 0.6 is 0 Å². The first-order chi connectivity index (χ1) is 11.7. The summed E-state index contributed by atoms with van der Waals surface area (Å²) in [5.41, 5.74) is 1.53. The quantitative estimate of drug-likeness (QED) is 0.911. The van der Waals surface area contributed by atoms with Crippen LogP contribution < -0.4 is 19.7 Å². The van der Waals surface area contributed by atoms with Gasteiger partial charge in [-0.3, -0.25) is 4.90 Å². The number of hydrogen-bond acceptors (Lipinski definition) is 3. The summed E-state index contributed by atoms with van der Waals surface area (Å²) in [5.74, 6) is 1.54. The van der Waals surface area contributed by atoms with Crippen LogP contribution in [0.15, 0.2) is 48.5 Å².